The molecule has 1 atom stereocenters. The molecule has 1 saturated heterocycles. The van der Waals surface area contributed by atoms with Crippen LogP contribution in [-0.4, -0.2) is 70.5 Å². The predicted molar refractivity (Wildman–Crippen MR) is 145 cm³/mol. The summed E-state index contributed by atoms with van der Waals surface area (Å²) < 4.78 is 43.8. The van der Waals surface area contributed by atoms with E-state index in [1.807, 2.05) is 6.07 Å². The van der Waals surface area contributed by atoms with Gasteiger partial charge in [0.25, 0.3) is 0 Å². The number of rotatable bonds is 9. The first-order chi connectivity index (χ1) is 19.5. The van der Waals surface area contributed by atoms with Gasteiger partial charge in [-0.15, -0.1) is 0 Å². The maximum absolute atomic E-state index is 13.6. The minimum absolute atomic E-state index is 0.143. The van der Waals surface area contributed by atoms with E-state index in [0.717, 1.165) is 37.5 Å². The quantitative estimate of drug-likeness (QED) is 0.277. The van der Waals surface area contributed by atoms with Gasteiger partial charge in [-0.3, -0.25) is 9.80 Å². The van der Waals surface area contributed by atoms with Crippen molar-refractivity contribution < 1.29 is 27.6 Å². The van der Waals surface area contributed by atoms with Crippen LogP contribution in [-0.2, 0) is 6.54 Å². The molecule has 1 aliphatic heterocycles. The molecule has 3 aromatic carbocycles. The number of oxazole rings is 1. The molecule has 1 unspecified atom stereocenters. The topological polar surface area (TPSA) is 88.0 Å². The number of halogens is 2. The van der Waals surface area contributed by atoms with Gasteiger partial charge in [0, 0.05) is 56.0 Å². The first-order valence-corrected chi connectivity index (χ1v) is 13.1. The summed E-state index contributed by atoms with van der Waals surface area (Å²) in [6.45, 7) is 4.56. The van der Waals surface area contributed by atoms with Gasteiger partial charge in [-0.2, -0.15) is 0 Å². The monoisotopic (exact) mass is 546 g/mol. The van der Waals surface area contributed by atoms with Gasteiger partial charge in [-0.25, -0.2) is 13.8 Å². The molecule has 206 valence electrons. The smallest absolute Gasteiger partial charge is 0.227 e. The third kappa shape index (κ3) is 6.20. The first kappa shape index (κ1) is 26.1. The van der Waals surface area contributed by atoms with Crippen LogP contribution in [0.4, 0.5) is 8.78 Å². The Morgan fingerprint density at radius 3 is 2.48 bits per heavy atom. The Balaban J connectivity index is 0.960. The van der Waals surface area contributed by atoms with Crippen molar-refractivity contribution in [3.8, 4) is 28.5 Å². The van der Waals surface area contributed by atoms with Crippen molar-refractivity contribution in [2.45, 2.75) is 12.6 Å². The van der Waals surface area contributed by atoms with E-state index in [9.17, 15) is 13.9 Å². The number of ether oxygens (including phenoxy) is 1. The van der Waals surface area contributed by atoms with Crippen molar-refractivity contribution in [1.82, 2.24) is 19.9 Å². The number of aromatic nitrogens is 2. The van der Waals surface area contributed by atoms with E-state index in [0.29, 0.717) is 47.1 Å². The zero-order valence-corrected chi connectivity index (χ0v) is 21.7. The van der Waals surface area contributed by atoms with Gasteiger partial charge in [0.15, 0.2) is 11.3 Å². The molecule has 40 heavy (non-hydrogen) atoms. The largest absolute Gasteiger partial charge is 0.491 e. The van der Waals surface area contributed by atoms with Crippen molar-refractivity contribution in [1.29, 1.82) is 0 Å². The van der Waals surface area contributed by atoms with E-state index in [2.05, 4.69) is 19.9 Å². The van der Waals surface area contributed by atoms with Crippen molar-refractivity contribution in [2.75, 3.05) is 39.3 Å². The second-order valence-electron chi connectivity index (χ2n) is 9.89. The Morgan fingerprint density at radius 2 is 1.68 bits per heavy atom. The summed E-state index contributed by atoms with van der Waals surface area (Å²) in [6, 6.07) is 19.4. The summed E-state index contributed by atoms with van der Waals surface area (Å²) in [7, 11) is 0. The number of nitrogens with zero attached hydrogens (tertiary/aromatic N) is 4. The molecule has 0 radical (unpaired) electrons. The summed E-state index contributed by atoms with van der Waals surface area (Å²) >= 11 is 0. The number of β-amino-alcohol motifs (C(OH)–C–C–N with tert-alkyl or cyclic N) is 1. The molecule has 1 fully saturated rings. The molecule has 0 aliphatic carbocycles. The van der Waals surface area contributed by atoms with Crippen molar-refractivity contribution in [3.05, 3.63) is 90.2 Å². The molecule has 3 heterocycles. The van der Waals surface area contributed by atoms with Gasteiger partial charge < -0.3 is 18.8 Å². The number of hydrogen-bond donors (Lipinski definition) is 1. The highest BCUT2D eigenvalue weighted by Gasteiger charge is 2.21. The molecule has 2 aromatic heterocycles. The van der Waals surface area contributed by atoms with E-state index in [-0.39, 0.29) is 18.2 Å². The molecule has 1 aliphatic rings. The fraction of sp³-hybridized carbons (Fsp3) is 0.267. The average molecular weight is 547 g/mol. The van der Waals surface area contributed by atoms with Crippen molar-refractivity contribution in [2.24, 2.45) is 0 Å². The summed E-state index contributed by atoms with van der Waals surface area (Å²) in [6.07, 6.45) is -0.657. The van der Waals surface area contributed by atoms with Crippen LogP contribution in [0.1, 0.15) is 5.76 Å². The van der Waals surface area contributed by atoms with Crippen LogP contribution in [0.2, 0.25) is 0 Å². The van der Waals surface area contributed by atoms with Crippen LogP contribution in [0, 0.1) is 11.6 Å². The maximum Gasteiger partial charge on any atom is 0.227 e. The van der Waals surface area contributed by atoms with E-state index >= 15 is 0 Å². The lowest BCUT2D eigenvalue weighted by atomic mass is 10.1. The van der Waals surface area contributed by atoms with Gasteiger partial charge in [0.2, 0.25) is 5.89 Å². The van der Waals surface area contributed by atoms with E-state index < -0.39 is 6.10 Å². The molecule has 5 aromatic rings. The number of aliphatic hydroxyl groups excluding tert-OH is 1. The summed E-state index contributed by atoms with van der Waals surface area (Å²) in [5.74, 6) is 1.02. The normalized spacial score (nSPS) is 15.5. The van der Waals surface area contributed by atoms with Crippen LogP contribution in [0.5, 0.6) is 5.75 Å². The van der Waals surface area contributed by atoms with Gasteiger partial charge >= 0.3 is 0 Å². The molecular formula is C30H28F2N4O4. The van der Waals surface area contributed by atoms with E-state index in [1.54, 1.807) is 42.5 Å². The first-order valence-electron chi connectivity index (χ1n) is 13.1. The summed E-state index contributed by atoms with van der Waals surface area (Å²) in [5.41, 5.74) is 3.23. The molecule has 0 spiro atoms. The number of aliphatic hydroxyl groups is 1. The third-order valence-electron chi connectivity index (χ3n) is 6.89. The van der Waals surface area contributed by atoms with Gasteiger partial charge in [0.1, 0.15) is 41.3 Å². The molecular weight excluding hydrogens is 518 g/mol. The highest BCUT2D eigenvalue weighted by Crippen LogP contribution is 2.27. The molecule has 1 N–H and O–H groups in total. The lowest BCUT2D eigenvalue weighted by molar-refractivity contribution is 0.0430. The number of fused-ring (bicyclic) bond motifs is 1. The summed E-state index contributed by atoms with van der Waals surface area (Å²) in [4.78, 5) is 8.94. The second-order valence-corrected chi connectivity index (χ2v) is 9.89. The Bertz CT molecular complexity index is 1580. The SMILES string of the molecule is OC(COc1ccc2oc(-c3cccc(F)c3)nc2c1)CN1CCN(Cc2cc(-c3ccc(F)cc3)no2)CC1. The molecule has 10 heteroatoms. The van der Waals surface area contributed by atoms with Crippen LogP contribution < -0.4 is 4.74 Å². The Kier molecular flexibility index (Phi) is 7.54. The van der Waals surface area contributed by atoms with Crippen LogP contribution in [0.3, 0.4) is 0 Å². The summed E-state index contributed by atoms with van der Waals surface area (Å²) in [5, 5.41) is 14.7. The molecule has 0 amide bonds. The van der Waals surface area contributed by atoms with Crippen LogP contribution >= 0.6 is 0 Å². The number of piperazine rings is 1. The highest BCUT2D eigenvalue weighted by molar-refractivity contribution is 5.77. The lowest BCUT2D eigenvalue weighted by Gasteiger charge is -2.35. The highest BCUT2D eigenvalue weighted by atomic mass is 19.1. The number of benzene rings is 3. The van der Waals surface area contributed by atoms with Gasteiger partial charge in [-0.05, 0) is 54.6 Å². The molecule has 0 bridgehead atoms. The fourth-order valence-corrected chi connectivity index (χ4v) is 4.78. The predicted octanol–water partition coefficient (Wildman–Crippen LogP) is 4.99. The fourth-order valence-electron chi connectivity index (χ4n) is 4.78. The van der Waals surface area contributed by atoms with Gasteiger partial charge in [0.05, 0.1) is 6.54 Å². The lowest BCUT2D eigenvalue weighted by Crippen LogP contribution is -2.48. The van der Waals surface area contributed by atoms with E-state index in [1.165, 1.54) is 24.3 Å². The third-order valence-corrected chi connectivity index (χ3v) is 6.89. The minimum atomic E-state index is -0.657. The Labute approximate surface area is 229 Å². The minimum Gasteiger partial charge on any atom is -0.491 e. The van der Waals surface area contributed by atoms with E-state index in [4.69, 9.17) is 13.7 Å². The van der Waals surface area contributed by atoms with Gasteiger partial charge in [-0.1, -0.05) is 11.2 Å². The zero-order chi connectivity index (χ0) is 27.5. The van der Waals surface area contributed by atoms with Crippen LogP contribution in [0.15, 0.2) is 81.7 Å². The Morgan fingerprint density at radius 1 is 0.875 bits per heavy atom. The van der Waals surface area contributed by atoms with Crippen molar-refractivity contribution in [3.63, 3.8) is 0 Å². The number of hydrogen-bond acceptors (Lipinski definition) is 8. The maximum atomic E-state index is 13.6. The average Bonchev–Trinajstić information content (AvgIpc) is 3.60. The molecule has 0 saturated carbocycles. The Hall–Kier alpha value is -4.12. The molecule has 8 nitrogen and oxygen atoms in total. The van der Waals surface area contributed by atoms with Crippen LogP contribution in [0.25, 0.3) is 33.8 Å². The van der Waals surface area contributed by atoms with Crippen molar-refractivity contribution >= 4 is 11.1 Å². The standard InChI is InChI=1S/C30H28F2N4O4/c31-22-6-4-20(5-7-22)27-16-26(40-34-27)18-36-12-10-35(11-13-36)17-24(37)19-38-25-8-9-29-28(15-25)33-30(39-29)21-2-1-3-23(32)14-21/h1-9,14-16,24,37H,10-13,17-19H2. The molecule has 6 rings (SSSR count). The second kappa shape index (κ2) is 11.5. The zero-order valence-electron chi connectivity index (χ0n) is 21.7.